The maximum Gasteiger partial charge on any atom is 0.0456 e. The Morgan fingerprint density at radius 2 is 0.432 bits per heavy atom. The summed E-state index contributed by atoms with van der Waals surface area (Å²) < 4.78 is 0. The molecule has 0 aliphatic carbocycles. The second kappa shape index (κ2) is 24.4. The van der Waals surface area contributed by atoms with Gasteiger partial charge in [0.25, 0.3) is 0 Å². The first-order valence-electron chi connectivity index (χ1n) is 25.1. The molecule has 0 atom stereocenters. The zero-order chi connectivity index (χ0) is 50.0. The average Bonchev–Trinajstić information content (AvgIpc) is 3.48. The molecule has 354 valence electrons. The fraction of sp³-hybridized carbons (Fsp3) is 0. The summed E-state index contributed by atoms with van der Waals surface area (Å²) in [5.74, 6) is 0. The van der Waals surface area contributed by atoms with Crippen molar-refractivity contribution >= 4 is 58.2 Å². The van der Waals surface area contributed by atoms with Crippen molar-refractivity contribution in [2.75, 3.05) is 9.80 Å². The zero-order valence-corrected chi connectivity index (χ0v) is 41.2. The van der Waals surface area contributed by atoms with E-state index in [9.17, 15) is 0 Å². The third-order valence-corrected chi connectivity index (χ3v) is 12.8. The number of nitrogens with zero attached hydrogens (tertiary/aromatic N) is 2. The first-order valence-corrected chi connectivity index (χ1v) is 25.1. The van der Waals surface area contributed by atoms with E-state index < -0.39 is 0 Å². The van der Waals surface area contributed by atoms with Crippen LogP contribution in [0.4, 0.5) is 22.7 Å². The lowest BCUT2D eigenvalue weighted by Gasteiger charge is -2.24. The molecule has 0 N–H and O–H groups in total. The Morgan fingerprint density at radius 3 is 0.689 bits per heavy atom. The predicted octanol–water partition coefficient (Wildman–Crippen LogP) is 19.3. The van der Waals surface area contributed by atoms with Crippen LogP contribution >= 0.6 is 0 Å². The highest BCUT2D eigenvalue weighted by Gasteiger charge is 2.15. The molecule has 0 aromatic heterocycles. The first-order chi connectivity index (χ1) is 36.7. The minimum atomic E-state index is 1.06. The van der Waals surface area contributed by atoms with E-state index >= 15 is 0 Å². The Hall–Kier alpha value is -9.76. The smallest absolute Gasteiger partial charge is 0.0456 e. The van der Waals surface area contributed by atoms with E-state index in [1.54, 1.807) is 0 Å². The van der Waals surface area contributed by atoms with Gasteiger partial charge in [-0.15, -0.1) is 0 Å². The van der Waals surface area contributed by atoms with Crippen molar-refractivity contribution in [1.82, 2.24) is 0 Å². The van der Waals surface area contributed by atoms with Crippen LogP contribution in [0, 0.1) is 0 Å². The monoisotopic (exact) mass is 948 g/mol. The van der Waals surface area contributed by atoms with Crippen LogP contribution in [0.2, 0.25) is 0 Å². The van der Waals surface area contributed by atoms with Gasteiger partial charge < -0.3 is 9.80 Å². The Bertz CT molecular complexity index is 3180. The van der Waals surface area contributed by atoms with Gasteiger partial charge in [0, 0.05) is 46.3 Å². The SMILES string of the molecule is C(C=Cc1ccc(N(C=C(c2ccccc2)c2ccccc2)c2ccc(-c3ccc(N(C=C(c4ccccc4)c4ccccc4)c4ccc(C=CC=Cc5ccccc5)cc4)cc3)cc2)cc1)=Cc1ccccc1. The largest absolute Gasteiger partial charge is 0.317 e. The van der Waals surface area contributed by atoms with Crippen molar-refractivity contribution in [2.45, 2.75) is 0 Å². The Morgan fingerprint density at radius 1 is 0.216 bits per heavy atom. The molecule has 0 heterocycles. The normalized spacial score (nSPS) is 11.3. The first kappa shape index (κ1) is 47.9. The quantitative estimate of drug-likeness (QED) is 0.0839. The molecular weight excluding hydrogens is 893 g/mol. The summed E-state index contributed by atoms with van der Waals surface area (Å²) in [4.78, 5) is 4.60. The Labute approximate surface area is 437 Å². The number of rotatable bonds is 17. The van der Waals surface area contributed by atoms with E-state index in [1.807, 2.05) is 12.1 Å². The van der Waals surface area contributed by atoms with Crippen molar-refractivity contribution in [3.63, 3.8) is 0 Å². The van der Waals surface area contributed by atoms with E-state index in [-0.39, 0.29) is 0 Å². The van der Waals surface area contributed by atoms with Gasteiger partial charge in [-0.2, -0.15) is 0 Å². The lowest BCUT2D eigenvalue weighted by Crippen LogP contribution is -2.10. The summed E-state index contributed by atoms with van der Waals surface area (Å²) >= 11 is 0. The molecule has 2 heteroatoms. The molecule has 2 nitrogen and oxygen atoms in total. The fourth-order valence-electron chi connectivity index (χ4n) is 8.87. The molecule has 0 aliphatic heterocycles. The van der Waals surface area contributed by atoms with Crippen LogP contribution in [-0.2, 0) is 0 Å². The molecule has 0 saturated heterocycles. The third-order valence-electron chi connectivity index (χ3n) is 12.8. The average molecular weight is 949 g/mol. The molecule has 74 heavy (non-hydrogen) atoms. The highest BCUT2D eigenvalue weighted by Crippen LogP contribution is 2.36. The zero-order valence-electron chi connectivity index (χ0n) is 41.2. The minimum absolute atomic E-state index is 1.06. The molecule has 0 saturated carbocycles. The van der Waals surface area contributed by atoms with Crippen LogP contribution in [0.3, 0.4) is 0 Å². The lowest BCUT2D eigenvalue weighted by atomic mass is 9.98. The maximum atomic E-state index is 2.30. The van der Waals surface area contributed by atoms with Gasteiger partial charge in [0.05, 0.1) is 0 Å². The van der Waals surface area contributed by atoms with E-state index in [0.29, 0.717) is 0 Å². The molecule has 0 spiro atoms. The highest BCUT2D eigenvalue weighted by molar-refractivity contribution is 5.86. The van der Waals surface area contributed by atoms with Crippen molar-refractivity contribution in [3.05, 3.63) is 360 Å². The third kappa shape index (κ3) is 12.6. The molecular formula is C72H56N2. The van der Waals surface area contributed by atoms with Gasteiger partial charge >= 0.3 is 0 Å². The van der Waals surface area contributed by atoms with Gasteiger partial charge in [0.2, 0.25) is 0 Å². The second-order valence-electron chi connectivity index (χ2n) is 17.8. The molecule has 0 radical (unpaired) electrons. The number of allylic oxidation sites excluding steroid dienone is 4. The van der Waals surface area contributed by atoms with E-state index in [1.165, 1.54) is 11.1 Å². The van der Waals surface area contributed by atoms with Gasteiger partial charge in [-0.05, 0) is 104 Å². The van der Waals surface area contributed by atoms with Crippen LogP contribution in [0.1, 0.15) is 44.5 Å². The van der Waals surface area contributed by atoms with Crippen LogP contribution < -0.4 is 9.80 Å². The fourth-order valence-corrected chi connectivity index (χ4v) is 8.87. The molecule has 0 amide bonds. The van der Waals surface area contributed by atoms with Crippen molar-refractivity contribution < 1.29 is 0 Å². The van der Waals surface area contributed by atoms with Crippen molar-refractivity contribution in [3.8, 4) is 11.1 Å². The number of benzene rings is 10. The van der Waals surface area contributed by atoms with Crippen molar-refractivity contribution in [1.29, 1.82) is 0 Å². The van der Waals surface area contributed by atoms with Gasteiger partial charge in [-0.3, -0.25) is 0 Å². The van der Waals surface area contributed by atoms with Gasteiger partial charge in [-0.25, -0.2) is 0 Å². The number of anilines is 4. The summed E-state index contributed by atoms with van der Waals surface area (Å²) in [7, 11) is 0. The predicted molar refractivity (Wildman–Crippen MR) is 318 cm³/mol. The molecule has 10 rings (SSSR count). The maximum absolute atomic E-state index is 2.30. The standard InChI is InChI=1S/C72H56N2/c1-7-23-57(24-8-1)27-19-21-29-59-39-47-67(48-40-59)73(55-71(63-31-11-3-12-32-63)64-33-13-4-14-34-64)69-51-43-61(44-52-69)62-45-53-70(54-46-62)74(56-72(65-35-15-5-16-36-65)66-37-17-6-18-38-66)68-49-41-60(42-50-68)30-22-20-28-58-25-9-2-10-26-58/h1-56H. The topological polar surface area (TPSA) is 6.48 Å². The summed E-state index contributed by atoms with van der Waals surface area (Å²) in [5.41, 5.74) is 18.0. The van der Waals surface area contributed by atoms with E-state index in [4.69, 9.17) is 0 Å². The Balaban J connectivity index is 0.968. The highest BCUT2D eigenvalue weighted by atomic mass is 15.1. The molecule has 10 aromatic carbocycles. The molecule has 0 fully saturated rings. The van der Waals surface area contributed by atoms with Gasteiger partial charge in [0.15, 0.2) is 0 Å². The van der Waals surface area contributed by atoms with Gasteiger partial charge in [0.1, 0.15) is 0 Å². The van der Waals surface area contributed by atoms with Gasteiger partial charge in [-0.1, -0.05) is 279 Å². The minimum Gasteiger partial charge on any atom is -0.317 e. The Kier molecular flexibility index (Phi) is 15.8. The van der Waals surface area contributed by atoms with E-state index in [2.05, 4.69) is 338 Å². The molecule has 0 unspecified atom stereocenters. The molecule has 10 aromatic rings. The summed E-state index contributed by atoms with van der Waals surface area (Å²) in [6.45, 7) is 0. The second-order valence-corrected chi connectivity index (χ2v) is 17.8. The van der Waals surface area contributed by atoms with Crippen molar-refractivity contribution in [2.24, 2.45) is 0 Å². The lowest BCUT2D eigenvalue weighted by molar-refractivity contribution is 1.27. The van der Waals surface area contributed by atoms with Crippen LogP contribution in [0.15, 0.2) is 316 Å². The summed E-state index contributed by atoms with van der Waals surface area (Å²) in [6.07, 6.45) is 21.4. The number of hydrogen-bond acceptors (Lipinski definition) is 2. The molecule has 0 bridgehead atoms. The van der Waals surface area contributed by atoms with Crippen LogP contribution in [0.5, 0.6) is 0 Å². The summed E-state index contributed by atoms with van der Waals surface area (Å²) in [5, 5.41) is 0. The summed E-state index contributed by atoms with van der Waals surface area (Å²) in [6, 6.07) is 98.7. The number of hydrogen-bond donors (Lipinski definition) is 0. The van der Waals surface area contributed by atoms with Crippen LogP contribution in [0.25, 0.3) is 46.6 Å². The van der Waals surface area contributed by atoms with E-state index in [0.717, 1.165) is 78.4 Å². The van der Waals surface area contributed by atoms with Crippen LogP contribution in [-0.4, -0.2) is 0 Å². The molecule has 0 aliphatic rings.